The van der Waals surface area contributed by atoms with E-state index in [2.05, 4.69) is 19.9 Å². The molecule has 0 unspecified atom stereocenters. The second-order valence-electron chi connectivity index (χ2n) is 5.39. The first kappa shape index (κ1) is 10.1. The minimum Gasteiger partial charge on any atom is -0.294 e. The molecule has 2 aliphatic rings. The van der Waals surface area contributed by atoms with Gasteiger partial charge in [-0.25, -0.2) is 0 Å². The quantitative estimate of drug-likeness (QED) is 0.700. The van der Waals surface area contributed by atoms with Gasteiger partial charge in [-0.3, -0.25) is 4.79 Å². The fourth-order valence-corrected chi connectivity index (χ4v) is 3.41. The number of rotatable bonds is 1. The SMILES string of the molecule is CC(C)c1c2c(cc3c1CCC3=O)CCC2. The summed E-state index contributed by atoms with van der Waals surface area (Å²) in [5, 5.41) is 0. The Kier molecular flexibility index (Phi) is 2.17. The van der Waals surface area contributed by atoms with Crippen molar-refractivity contribution in [2.24, 2.45) is 0 Å². The van der Waals surface area contributed by atoms with E-state index in [-0.39, 0.29) is 0 Å². The van der Waals surface area contributed by atoms with Crippen LogP contribution in [0, 0.1) is 0 Å². The molecule has 1 aromatic carbocycles. The Morgan fingerprint density at radius 2 is 1.88 bits per heavy atom. The van der Waals surface area contributed by atoms with E-state index >= 15 is 0 Å². The van der Waals surface area contributed by atoms with Crippen LogP contribution < -0.4 is 0 Å². The van der Waals surface area contributed by atoms with Crippen molar-refractivity contribution >= 4 is 5.78 Å². The number of benzene rings is 1. The number of Topliss-reactive ketones (excluding diaryl/α,β-unsaturated/α-hetero) is 1. The van der Waals surface area contributed by atoms with Crippen molar-refractivity contribution in [2.75, 3.05) is 0 Å². The predicted molar refractivity (Wildman–Crippen MR) is 65.2 cm³/mol. The lowest BCUT2D eigenvalue weighted by Crippen LogP contribution is -2.03. The van der Waals surface area contributed by atoms with Gasteiger partial charge in [0.05, 0.1) is 0 Å². The molecule has 0 N–H and O–H groups in total. The molecule has 0 saturated heterocycles. The van der Waals surface area contributed by atoms with Crippen LogP contribution in [0.4, 0.5) is 0 Å². The van der Waals surface area contributed by atoms with E-state index in [1.807, 2.05) is 0 Å². The van der Waals surface area contributed by atoms with Crippen LogP contribution in [0.15, 0.2) is 6.07 Å². The number of hydrogen-bond donors (Lipinski definition) is 0. The van der Waals surface area contributed by atoms with Gasteiger partial charge in [-0.05, 0) is 59.9 Å². The molecule has 1 heteroatoms. The Morgan fingerprint density at radius 3 is 2.62 bits per heavy atom. The summed E-state index contributed by atoms with van der Waals surface area (Å²) >= 11 is 0. The monoisotopic (exact) mass is 214 g/mol. The summed E-state index contributed by atoms with van der Waals surface area (Å²) < 4.78 is 0. The molecule has 0 aromatic heterocycles. The molecule has 0 radical (unpaired) electrons. The van der Waals surface area contributed by atoms with Crippen LogP contribution in [0.2, 0.25) is 0 Å². The Hall–Kier alpha value is -1.11. The first-order valence-electron chi connectivity index (χ1n) is 6.39. The molecule has 16 heavy (non-hydrogen) atoms. The minimum absolute atomic E-state index is 0.367. The zero-order valence-corrected chi connectivity index (χ0v) is 10.1. The Bertz CT molecular complexity index is 469. The molecule has 1 aromatic rings. The third kappa shape index (κ3) is 1.27. The summed E-state index contributed by atoms with van der Waals surface area (Å²) in [4.78, 5) is 11.8. The Labute approximate surface area is 96.9 Å². The Balaban J connectivity index is 2.29. The first-order chi connectivity index (χ1) is 7.68. The first-order valence-corrected chi connectivity index (χ1v) is 6.39. The topological polar surface area (TPSA) is 17.1 Å². The summed E-state index contributed by atoms with van der Waals surface area (Å²) in [5.74, 6) is 0.930. The van der Waals surface area contributed by atoms with Gasteiger partial charge in [0, 0.05) is 12.0 Å². The van der Waals surface area contributed by atoms with E-state index in [0.29, 0.717) is 11.7 Å². The van der Waals surface area contributed by atoms with Gasteiger partial charge in [-0.15, -0.1) is 0 Å². The van der Waals surface area contributed by atoms with E-state index in [4.69, 9.17) is 0 Å². The lowest BCUT2D eigenvalue weighted by atomic mass is 9.87. The number of fused-ring (bicyclic) bond motifs is 2. The fraction of sp³-hybridized carbons (Fsp3) is 0.533. The minimum atomic E-state index is 0.367. The molecule has 0 spiro atoms. The maximum atomic E-state index is 11.8. The van der Waals surface area contributed by atoms with Crippen LogP contribution in [0.25, 0.3) is 0 Å². The van der Waals surface area contributed by atoms with Crippen LogP contribution in [0.5, 0.6) is 0 Å². The smallest absolute Gasteiger partial charge is 0.163 e. The van der Waals surface area contributed by atoms with Crippen LogP contribution in [-0.4, -0.2) is 5.78 Å². The van der Waals surface area contributed by atoms with E-state index in [1.54, 1.807) is 5.56 Å². The molecule has 0 fully saturated rings. The van der Waals surface area contributed by atoms with Crippen LogP contribution in [0.3, 0.4) is 0 Å². The van der Waals surface area contributed by atoms with Crippen LogP contribution in [-0.2, 0) is 19.3 Å². The summed E-state index contributed by atoms with van der Waals surface area (Å²) in [7, 11) is 0. The van der Waals surface area contributed by atoms with E-state index in [1.165, 1.54) is 36.0 Å². The molecule has 2 aliphatic carbocycles. The molecule has 3 rings (SSSR count). The number of ketones is 1. The molecular weight excluding hydrogens is 196 g/mol. The highest BCUT2D eigenvalue weighted by atomic mass is 16.1. The largest absolute Gasteiger partial charge is 0.294 e. The third-order valence-corrected chi connectivity index (χ3v) is 4.03. The molecule has 0 aliphatic heterocycles. The number of carbonyl (C=O) groups excluding carboxylic acids is 1. The highest BCUT2D eigenvalue weighted by Crippen LogP contribution is 2.38. The van der Waals surface area contributed by atoms with Crippen molar-refractivity contribution in [3.05, 3.63) is 33.9 Å². The molecule has 0 saturated carbocycles. The molecule has 0 atom stereocenters. The maximum Gasteiger partial charge on any atom is 0.163 e. The van der Waals surface area contributed by atoms with Crippen molar-refractivity contribution in [2.45, 2.75) is 51.9 Å². The van der Waals surface area contributed by atoms with Crippen LogP contribution in [0.1, 0.15) is 65.2 Å². The molecule has 84 valence electrons. The average Bonchev–Trinajstić information content (AvgIpc) is 2.82. The predicted octanol–water partition coefficient (Wildman–Crippen LogP) is 3.43. The molecule has 0 heterocycles. The third-order valence-electron chi connectivity index (χ3n) is 4.03. The standard InChI is InChI=1S/C15H18O/c1-9(2)15-11-5-3-4-10(11)8-13-12(15)6-7-14(13)16/h8-9H,3-7H2,1-2H3. The van der Waals surface area contributed by atoms with Gasteiger partial charge in [-0.2, -0.15) is 0 Å². The lowest BCUT2D eigenvalue weighted by Gasteiger charge is -2.17. The van der Waals surface area contributed by atoms with Gasteiger partial charge in [0.25, 0.3) is 0 Å². The summed E-state index contributed by atoms with van der Waals surface area (Å²) in [6.07, 6.45) is 5.39. The lowest BCUT2D eigenvalue weighted by molar-refractivity contribution is 0.0994. The highest BCUT2D eigenvalue weighted by Gasteiger charge is 2.28. The summed E-state index contributed by atoms with van der Waals surface area (Å²) in [6, 6.07) is 2.19. The second kappa shape index (κ2) is 3.44. The average molecular weight is 214 g/mol. The van der Waals surface area contributed by atoms with E-state index in [9.17, 15) is 4.79 Å². The van der Waals surface area contributed by atoms with Crippen molar-refractivity contribution in [3.8, 4) is 0 Å². The number of carbonyl (C=O) groups is 1. The van der Waals surface area contributed by atoms with Crippen molar-refractivity contribution in [1.29, 1.82) is 0 Å². The molecular formula is C15H18O. The molecule has 1 nitrogen and oxygen atoms in total. The van der Waals surface area contributed by atoms with Crippen LogP contribution >= 0.6 is 0 Å². The number of aryl methyl sites for hydroxylation is 1. The Morgan fingerprint density at radius 1 is 1.06 bits per heavy atom. The number of hydrogen-bond acceptors (Lipinski definition) is 1. The van der Waals surface area contributed by atoms with E-state index in [0.717, 1.165) is 18.4 Å². The van der Waals surface area contributed by atoms with Gasteiger partial charge in [0.1, 0.15) is 0 Å². The highest BCUT2D eigenvalue weighted by molar-refractivity contribution is 6.01. The zero-order chi connectivity index (χ0) is 11.3. The normalized spacial score (nSPS) is 18.1. The van der Waals surface area contributed by atoms with Crippen molar-refractivity contribution in [1.82, 2.24) is 0 Å². The fourth-order valence-electron chi connectivity index (χ4n) is 3.41. The second-order valence-corrected chi connectivity index (χ2v) is 5.39. The van der Waals surface area contributed by atoms with Gasteiger partial charge in [-0.1, -0.05) is 13.8 Å². The van der Waals surface area contributed by atoms with Gasteiger partial charge in [0.15, 0.2) is 5.78 Å². The zero-order valence-electron chi connectivity index (χ0n) is 10.1. The van der Waals surface area contributed by atoms with Gasteiger partial charge < -0.3 is 0 Å². The summed E-state index contributed by atoms with van der Waals surface area (Å²) in [6.45, 7) is 4.52. The maximum absolute atomic E-state index is 11.8. The van der Waals surface area contributed by atoms with Crippen molar-refractivity contribution in [3.63, 3.8) is 0 Å². The van der Waals surface area contributed by atoms with Gasteiger partial charge >= 0.3 is 0 Å². The van der Waals surface area contributed by atoms with E-state index < -0.39 is 0 Å². The van der Waals surface area contributed by atoms with Gasteiger partial charge in [0.2, 0.25) is 0 Å². The molecule has 0 bridgehead atoms. The summed E-state index contributed by atoms with van der Waals surface area (Å²) in [5.41, 5.74) is 6.96. The van der Waals surface area contributed by atoms with Crippen molar-refractivity contribution < 1.29 is 4.79 Å². The molecule has 0 amide bonds.